The Labute approximate surface area is 189 Å². The Kier molecular flexibility index (Phi) is 6.46. The van der Waals surface area contributed by atoms with Gasteiger partial charge in [0, 0.05) is 11.3 Å². The molecule has 162 valence electrons. The number of hydrogen-bond acceptors (Lipinski definition) is 7. The number of nitrogens with zero attached hydrogens (tertiary/aromatic N) is 4. The van der Waals surface area contributed by atoms with Crippen LogP contribution in [-0.2, 0) is 9.53 Å². The molecule has 0 spiro atoms. The molecule has 9 heteroatoms. The van der Waals surface area contributed by atoms with Gasteiger partial charge in [0.05, 0.1) is 23.6 Å². The topological polar surface area (TPSA) is 98.5 Å². The van der Waals surface area contributed by atoms with Crippen molar-refractivity contribution in [3.8, 4) is 11.3 Å². The zero-order valence-electron chi connectivity index (χ0n) is 17.6. The van der Waals surface area contributed by atoms with E-state index in [4.69, 9.17) is 4.74 Å². The zero-order chi connectivity index (χ0) is 22.5. The Morgan fingerprint density at radius 3 is 2.47 bits per heavy atom. The second kappa shape index (κ2) is 9.61. The fourth-order valence-electron chi connectivity index (χ4n) is 2.97. The lowest BCUT2D eigenvalue weighted by molar-refractivity contribution is -0.113. The maximum absolute atomic E-state index is 12.4. The van der Waals surface area contributed by atoms with Gasteiger partial charge >= 0.3 is 5.97 Å². The van der Waals surface area contributed by atoms with Crippen molar-refractivity contribution >= 4 is 35.0 Å². The van der Waals surface area contributed by atoms with Crippen molar-refractivity contribution < 1.29 is 14.3 Å². The van der Waals surface area contributed by atoms with Crippen LogP contribution in [-0.4, -0.2) is 44.0 Å². The summed E-state index contributed by atoms with van der Waals surface area (Å²) in [6, 6.07) is 18.4. The molecule has 0 bridgehead atoms. The van der Waals surface area contributed by atoms with Crippen LogP contribution in [0.25, 0.3) is 16.9 Å². The number of thioether (sulfide) groups is 1. The second-order valence-electron chi connectivity index (χ2n) is 6.97. The minimum absolute atomic E-state index is 0.136. The van der Waals surface area contributed by atoms with E-state index < -0.39 is 5.97 Å². The Morgan fingerprint density at radius 2 is 1.75 bits per heavy atom. The normalized spacial score (nSPS) is 10.8. The molecule has 2 aromatic carbocycles. The Bertz CT molecular complexity index is 1250. The predicted molar refractivity (Wildman–Crippen MR) is 123 cm³/mol. The van der Waals surface area contributed by atoms with Crippen molar-refractivity contribution in [1.82, 2.24) is 19.8 Å². The summed E-state index contributed by atoms with van der Waals surface area (Å²) in [6.07, 6.45) is 0. The molecule has 2 aromatic heterocycles. The van der Waals surface area contributed by atoms with Crippen LogP contribution in [0.15, 0.2) is 65.8 Å². The van der Waals surface area contributed by atoms with Crippen molar-refractivity contribution in [1.29, 1.82) is 0 Å². The van der Waals surface area contributed by atoms with Crippen LogP contribution in [0, 0.1) is 6.92 Å². The van der Waals surface area contributed by atoms with E-state index in [1.807, 2.05) is 43.3 Å². The zero-order valence-corrected chi connectivity index (χ0v) is 18.4. The summed E-state index contributed by atoms with van der Waals surface area (Å²) in [5, 5.41) is 16.2. The minimum Gasteiger partial charge on any atom is -0.462 e. The molecule has 0 saturated heterocycles. The van der Waals surface area contributed by atoms with E-state index in [0.717, 1.165) is 11.3 Å². The molecular weight excluding hydrogens is 426 g/mol. The third-order valence-corrected chi connectivity index (χ3v) is 5.51. The number of fused-ring (bicyclic) bond motifs is 1. The van der Waals surface area contributed by atoms with Crippen molar-refractivity contribution in [2.24, 2.45) is 0 Å². The largest absolute Gasteiger partial charge is 0.462 e. The Hall–Kier alpha value is -3.72. The van der Waals surface area contributed by atoms with Gasteiger partial charge in [0.15, 0.2) is 5.65 Å². The number of aromatic nitrogens is 4. The first-order valence-corrected chi connectivity index (χ1v) is 11.0. The van der Waals surface area contributed by atoms with Gasteiger partial charge in [0.1, 0.15) is 0 Å². The van der Waals surface area contributed by atoms with E-state index in [-0.39, 0.29) is 11.7 Å². The lowest BCUT2D eigenvalue weighted by atomic mass is 10.1. The molecule has 0 aliphatic carbocycles. The van der Waals surface area contributed by atoms with Crippen LogP contribution in [0.3, 0.4) is 0 Å². The monoisotopic (exact) mass is 447 g/mol. The summed E-state index contributed by atoms with van der Waals surface area (Å²) < 4.78 is 6.60. The third kappa shape index (κ3) is 4.94. The number of anilines is 1. The SMILES string of the molecule is CCOC(=O)c1ccc(NC(=O)CSc2nnc3ccc(-c4ccc(C)cc4)nn23)cc1. The molecule has 0 aliphatic rings. The van der Waals surface area contributed by atoms with Crippen molar-refractivity contribution in [2.75, 3.05) is 17.7 Å². The molecule has 32 heavy (non-hydrogen) atoms. The van der Waals surface area contributed by atoms with E-state index in [2.05, 4.69) is 20.6 Å². The van der Waals surface area contributed by atoms with Crippen LogP contribution >= 0.6 is 11.8 Å². The van der Waals surface area contributed by atoms with Gasteiger partial charge in [0.25, 0.3) is 0 Å². The van der Waals surface area contributed by atoms with E-state index in [9.17, 15) is 9.59 Å². The highest BCUT2D eigenvalue weighted by molar-refractivity contribution is 7.99. The van der Waals surface area contributed by atoms with Gasteiger partial charge in [-0.3, -0.25) is 4.79 Å². The Morgan fingerprint density at radius 1 is 1.00 bits per heavy atom. The van der Waals surface area contributed by atoms with Crippen LogP contribution < -0.4 is 5.32 Å². The number of carbonyl (C=O) groups excluding carboxylic acids is 2. The molecule has 1 amide bonds. The molecule has 8 nitrogen and oxygen atoms in total. The number of esters is 1. The van der Waals surface area contributed by atoms with E-state index in [1.54, 1.807) is 35.7 Å². The average Bonchev–Trinajstić information content (AvgIpc) is 3.21. The lowest BCUT2D eigenvalue weighted by Crippen LogP contribution is -2.14. The number of hydrogen-bond donors (Lipinski definition) is 1. The molecule has 0 saturated carbocycles. The maximum atomic E-state index is 12.4. The number of ether oxygens (including phenoxy) is 1. The quantitative estimate of drug-likeness (QED) is 0.338. The van der Waals surface area contributed by atoms with Crippen LogP contribution in [0.5, 0.6) is 0 Å². The number of carbonyl (C=O) groups is 2. The number of rotatable bonds is 7. The van der Waals surface area contributed by atoms with Gasteiger partial charge in [-0.1, -0.05) is 41.6 Å². The fraction of sp³-hybridized carbons (Fsp3) is 0.174. The Balaban J connectivity index is 1.41. The van der Waals surface area contributed by atoms with Gasteiger partial charge < -0.3 is 10.1 Å². The molecule has 0 fully saturated rings. The van der Waals surface area contributed by atoms with Gasteiger partial charge in [-0.15, -0.1) is 10.2 Å². The van der Waals surface area contributed by atoms with Gasteiger partial charge in [-0.25, -0.2) is 4.79 Å². The lowest BCUT2D eigenvalue weighted by Gasteiger charge is -2.06. The fourth-order valence-corrected chi connectivity index (χ4v) is 3.66. The van der Waals surface area contributed by atoms with Gasteiger partial charge in [-0.2, -0.15) is 9.61 Å². The summed E-state index contributed by atoms with van der Waals surface area (Å²) >= 11 is 1.25. The third-order valence-electron chi connectivity index (χ3n) is 4.59. The summed E-state index contributed by atoms with van der Waals surface area (Å²) in [7, 11) is 0. The van der Waals surface area contributed by atoms with E-state index in [1.165, 1.54) is 17.3 Å². The van der Waals surface area contributed by atoms with Crippen LogP contribution in [0.2, 0.25) is 0 Å². The first-order chi connectivity index (χ1) is 15.5. The van der Waals surface area contributed by atoms with Gasteiger partial charge in [0.2, 0.25) is 11.1 Å². The molecule has 2 heterocycles. The smallest absolute Gasteiger partial charge is 0.338 e. The highest BCUT2D eigenvalue weighted by Gasteiger charge is 2.12. The summed E-state index contributed by atoms with van der Waals surface area (Å²) in [6.45, 7) is 4.10. The molecule has 1 N–H and O–H groups in total. The van der Waals surface area contributed by atoms with Crippen molar-refractivity contribution in [3.05, 3.63) is 71.8 Å². The predicted octanol–water partition coefficient (Wildman–Crippen LogP) is 4.01. The first kappa shape index (κ1) is 21.5. The summed E-state index contributed by atoms with van der Waals surface area (Å²) in [5.74, 6) is -0.459. The number of benzene rings is 2. The number of nitrogens with one attached hydrogen (secondary N) is 1. The van der Waals surface area contributed by atoms with Crippen LogP contribution in [0.4, 0.5) is 5.69 Å². The standard InChI is InChI=1S/C23H21N5O3S/c1-3-31-22(30)17-8-10-18(11-9-17)24-21(29)14-32-23-26-25-20-13-12-19(27-28(20)23)16-6-4-15(2)5-7-16/h4-13H,3,14H2,1-2H3,(H,24,29). The average molecular weight is 448 g/mol. The highest BCUT2D eigenvalue weighted by Crippen LogP contribution is 2.21. The molecule has 0 atom stereocenters. The number of amides is 1. The molecule has 0 aliphatic heterocycles. The highest BCUT2D eigenvalue weighted by atomic mass is 32.2. The molecule has 0 unspecified atom stereocenters. The summed E-state index contributed by atoms with van der Waals surface area (Å²) in [5.41, 5.74) is 4.60. The molecular formula is C23H21N5O3S. The second-order valence-corrected chi connectivity index (χ2v) is 7.91. The first-order valence-electron chi connectivity index (χ1n) is 10.0. The van der Waals surface area contributed by atoms with Crippen LogP contribution in [0.1, 0.15) is 22.8 Å². The maximum Gasteiger partial charge on any atom is 0.338 e. The number of aryl methyl sites for hydroxylation is 1. The minimum atomic E-state index is -0.392. The van der Waals surface area contributed by atoms with Gasteiger partial charge in [-0.05, 0) is 50.2 Å². The summed E-state index contributed by atoms with van der Waals surface area (Å²) in [4.78, 5) is 24.1. The van der Waals surface area contributed by atoms with Crippen molar-refractivity contribution in [3.63, 3.8) is 0 Å². The van der Waals surface area contributed by atoms with E-state index in [0.29, 0.717) is 28.7 Å². The van der Waals surface area contributed by atoms with Crippen molar-refractivity contribution in [2.45, 2.75) is 19.0 Å². The molecule has 4 aromatic rings. The van der Waals surface area contributed by atoms with E-state index >= 15 is 0 Å². The molecule has 4 rings (SSSR count). The molecule has 0 radical (unpaired) electrons.